The van der Waals surface area contributed by atoms with Crippen LogP contribution in [0.5, 0.6) is 0 Å². The Kier molecular flexibility index (Phi) is 9.34. The van der Waals surface area contributed by atoms with Crippen LogP contribution in [0.2, 0.25) is 0 Å². The number of sulfonamides is 1. The summed E-state index contributed by atoms with van der Waals surface area (Å²) in [6.45, 7) is 5.39. The molecule has 2 aliphatic heterocycles. The van der Waals surface area contributed by atoms with Crippen LogP contribution in [-0.2, 0) is 27.7 Å². The van der Waals surface area contributed by atoms with Crippen LogP contribution in [0.3, 0.4) is 0 Å². The van der Waals surface area contributed by atoms with Gasteiger partial charge in [-0.05, 0) is 61.9 Å². The lowest BCUT2D eigenvalue weighted by atomic mass is 10.0. The molecule has 2 aliphatic rings. The number of thiophene rings is 1. The first-order valence-corrected chi connectivity index (χ1v) is 15.7. The van der Waals surface area contributed by atoms with Crippen molar-refractivity contribution in [2.75, 3.05) is 45.7 Å². The van der Waals surface area contributed by atoms with Crippen molar-refractivity contribution in [3.05, 3.63) is 45.8 Å². The van der Waals surface area contributed by atoms with Gasteiger partial charge in [0.2, 0.25) is 10.0 Å². The zero-order chi connectivity index (χ0) is 29.9. The zero-order valence-corrected chi connectivity index (χ0v) is 25.2. The summed E-state index contributed by atoms with van der Waals surface area (Å²) in [4.78, 5) is 54.5. The fourth-order valence-electron chi connectivity index (χ4n) is 4.84. The molecule has 12 nitrogen and oxygen atoms in total. The molecule has 14 heteroatoms. The Balaban J connectivity index is 1.58. The van der Waals surface area contributed by atoms with Crippen molar-refractivity contribution in [2.45, 2.75) is 44.6 Å². The maximum absolute atomic E-state index is 13.2. The van der Waals surface area contributed by atoms with E-state index in [1.165, 1.54) is 52.5 Å². The number of amides is 5. The van der Waals surface area contributed by atoms with Gasteiger partial charge in [0.25, 0.3) is 11.8 Å². The molecular weight excluding hydrogens is 570 g/mol. The highest BCUT2D eigenvalue weighted by atomic mass is 32.2. The average molecular weight is 606 g/mol. The van der Waals surface area contributed by atoms with E-state index < -0.39 is 34.0 Å². The molecule has 4 rings (SSSR count). The number of urea groups is 1. The first-order chi connectivity index (χ1) is 19.4. The van der Waals surface area contributed by atoms with E-state index >= 15 is 0 Å². The third kappa shape index (κ3) is 6.71. The Labute approximate surface area is 243 Å². The summed E-state index contributed by atoms with van der Waals surface area (Å²) in [5, 5.41) is 5.32. The number of anilines is 1. The van der Waals surface area contributed by atoms with Crippen LogP contribution in [0, 0.1) is 5.92 Å². The zero-order valence-electron chi connectivity index (χ0n) is 23.6. The van der Waals surface area contributed by atoms with Gasteiger partial charge in [0.05, 0.1) is 23.6 Å². The fraction of sp³-hybridized carbons (Fsp3) is 0.481. The summed E-state index contributed by atoms with van der Waals surface area (Å²) in [5.74, 6) is -0.934. The van der Waals surface area contributed by atoms with Crippen molar-refractivity contribution in [3.8, 4) is 0 Å². The Hall–Kier alpha value is -3.49. The fourth-order valence-corrected chi connectivity index (χ4v) is 7.70. The third-order valence-electron chi connectivity index (χ3n) is 7.04. The maximum Gasteiger partial charge on any atom is 0.410 e. The van der Waals surface area contributed by atoms with Crippen LogP contribution in [0.1, 0.15) is 57.8 Å². The van der Waals surface area contributed by atoms with Crippen LogP contribution >= 0.6 is 11.3 Å². The number of imide groups is 1. The molecule has 2 aromatic rings. The molecule has 5 amide bonds. The van der Waals surface area contributed by atoms with Crippen LogP contribution in [0.4, 0.5) is 14.6 Å². The number of carbonyl (C=O) groups is 4. The number of ether oxygens (including phenoxy) is 1. The smallest absolute Gasteiger partial charge is 0.410 e. The molecule has 222 valence electrons. The minimum Gasteiger partial charge on any atom is -0.450 e. The quantitative estimate of drug-likeness (QED) is 0.514. The van der Waals surface area contributed by atoms with Gasteiger partial charge in [0, 0.05) is 44.2 Å². The number of hydrogen-bond acceptors (Lipinski definition) is 8. The Morgan fingerprint density at radius 2 is 1.80 bits per heavy atom. The molecule has 0 saturated carbocycles. The van der Waals surface area contributed by atoms with Crippen LogP contribution in [-0.4, -0.2) is 86.8 Å². The molecule has 1 saturated heterocycles. The van der Waals surface area contributed by atoms with E-state index in [1.54, 1.807) is 6.92 Å². The summed E-state index contributed by atoms with van der Waals surface area (Å²) >= 11 is 1.14. The van der Waals surface area contributed by atoms with Crippen molar-refractivity contribution < 1.29 is 32.3 Å². The predicted octanol–water partition coefficient (Wildman–Crippen LogP) is 3.35. The van der Waals surface area contributed by atoms with Crippen molar-refractivity contribution in [1.29, 1.82) is 0 Å². The number of rotatable bonds is 6. The summed E-state index contributed by atoms with van der Waals surface area (Å²) < 4.78 is 32.8. The number of carbonyl (C=O) groups excluding carboxylic acids is 4. The van der Waals surface area contributed by atoms with E-state index in [1.807, 2.05) is 6.92 Å². The number of benzene rings is 1. The largest absolute Gasteiger partial charge is 0.450 e. The highest BCUT2D eigenvalue weighted by molar-refractivity contribution is 7.89. The first kappa shape index (κ1) is 30.5. The summed E-state index contributed by atoms with van der Waals surface area (Å²) in [6.07, 6.45) is 1.65. The van der Waals surface area contributed by atoms with Crippen molar-refractivity contribution >= 4 is 50.3 Å². The average Bonchev–Trinajstić information content (AvgIpc) is 3.30. The number of fused-ring (bicyclic) bond motifs is 1. The topological polar surface area (TPSA) is 145 Å². The van der Waals surface area contributed by atoms with Crippen molar-refractivity contribution in [1.82, 2.24) is 19.4 Å². The Bertz CT molecular complexity index is 1440. The number of piperidine rings is 1. The molecule has 41 heavy (non-hydrogen) atoms. The van der Waals surface area contributed by atoms with E-state index in [0.717, 1.165) is 24.2 Å². The van der Waals surface area contributed by atoms with Gasteiger partial charge in [-0.25, -0.2) is 18.0 Å². The van der Waals surface area contributed by atoms with Crippen LogP contribution in [0.25, 0.3) is 0 Å². The van der Waals surface area contributed by atoms with E-state index in [-0.39, 0.29) is 40.1 Å². The standard InChI is InChI=1S/C27H35N5O7S2/c1-5-39-27(36)31-14-12-20-21(16-31)40-25(22(20)24(34)29-26(35)30(3)4)28-23(33)18-8-10-19(11-9-18)41(37,38)32-13-6-7-17(2)15-32/h8-11,17H,5-7,12-16H2,1-4H3,(H,28,33)(H,29,34,35). The molecule has 1 aromatic heterocycles. The van der Waals surface area contributed by atoms with Gasteiger partial charge in [-0.3, -0.25) is 14.9 Å². The first-order valence-electron chi connectivity index (χ1n) is 13.4. The molecule has 2 N–H and O–H groups in total. The predicted molar refractivity (Wildman–Crippen MR) is 154 cm³/mol. The molecule has 0 spiro atoms. The molecule has 0 bridgehead atoms. The van der Waals surface area contributed by atoms with E-state index in [4.69, 9.17) is 4.74 Å². The van der Waals surface area contributed by atoms with Gasteiger partial charge in [-0.2, -0.15) is 4.31 Å². The highest BCUT2D eigenvalue weighted by Crippen LogP contribution is 2.38. The van der Waals surface area contributed by atoms with Gasteiger partial charge in [0.15, 0.2) is 0 Å². The lowest BCUT2D eigenvalue weighted by Gasteiger charge is -2.30. The van der Waals surface area contributed by atoms with E-state index in [2.05, 4.69) is 10.6 Å². The van der Waals surface area contributed by atoms with Crippen LogP contribution in [0.15, 0.2) is 29.2 Å². The molecule has 1 atom stereocenters. The molecular formula is C27H35N5O7S2. The number of nitrogens with zero attached hydrogens (tertiary/aromatic N) is 3. The summed E-state index contributed by atoms with van der Waals surface area (Å²) in [7, 11) is -0.676. The Morgan fingerprint density at radius 1 is 1.10 bits per heavy atom. The third-order valence-corrected chi connectivity index (χ3v) is 10.0. The highest BCUT2D eigenvalue weighted by Gasteiger charge is 2.32. The monoisotopic (exact) mass is 605 g/mol. The maximum atomic E-state index is 13.2. The van der Waals surface area contributed by atoms with Gasteiger partial charge in [0.1, 0.15) is 5.00 Å². The summed E-state index contributed by atoms with van der Waals surface area (Å²) in [6, 6.07) is 5.06. The number of nitrogens with one attached hydrogen (secondary N) is 2. The second-order valence-corrected chi connectivity index (χ2v) is 13.4. The Morgan fingerprint density at radius 3 is 2.44 bits per heavy atom. The lowest BCUT2D eigenvalue weighted by molar-refractivity contribution is 0.0955. The van der Waals surface area contributed by atoms with E-state index in [0.29, 0.717) is 36.5 Å². The molecule has 1 fully saturated rings. The van der Waals surface area contributed by atoms with Crippen LogP contribution < -0.4 is 10.6 Å². The molecule has 1 unspecified atom stereocenters. The van der Waals surface area contributed by atoms with Crippen molar-refractivity contribution in [2.24, 2.45) is 5.92 Å². The van der Waals surface area contributed by atoms with Gasteiger partial charge < -0.3 is 19.9 Å². The second-order valence-electron chi connectivity index (χ2n) is 10.3. The molecule has 1 aromatic carbocycles. The minimum atomic E-state index is -3.68. The second kappa shape index (κ2) is 12.6. The van der Waals surface area contributed by atoms with Gasteiger partial charge >= 0.3 is 12.1 Å². The lowest BCUT2D eigenvalue weighted by Crippen LogP contribution is -2.40. The molecule has 0 radical (unpaired) electrons. The number of hydrogen-bond donors (Lipinski definition) is 2. The summed E-state index contributed by atoms with van der Waals surface area (Å²) in [5.41, 5.74) is 1.01. The van der Waals surface area contributed by atoms with Gasteiger partial charge in [-0.15, -0.1) is 11.3 Å². The molecule has 3 heterocycles. The SMILES string of the molecule is CCOC(=O)N1CCc2c(sc(NC(=O)c3ccc(S(=O)(=O)N4CCCC(C)C4)cc3)c2C(=O)NC(=O)N(C)C)C1. The van der Waals surface area contributed by atoms with Gasteiger partial charge in [-0.1, -0.05) is 6.92 Å². The van der Waals surface area contributed by atoms with Crippen molar-refractivity contribution in [3.63, 3.8) is 0 Å². The van der Waals surface area contributed by atoms with E-state index in [9.17, 15) is 27.6 Å². The minimum absolute atomic E-state index is 0.107. The normalized spacial score (nSPS) is 17.4. The molecule has 0 aliphatic carbocycles.